The maximum atomic E-state index is 11.9. The Hall–Kier alpha value is -2.74. The van der Waals surface area contributed by atoms with Crippen molar-refractivity contribution < 1.29 is 9.53 Å². The number of hydrogen-bond donors (Lipinski definition) is 1. The lowest BCUT2D eigenvalue weighted by molar-refractivity contribution is 0.0968. The first kappa shape index (κ1) is 15.8. The predicted molar refractivity (Wildman–Crippen MR) is 95.3 cm³/mol. The van der Waals surface area contributed by atoms with Gasteiger partial charge in [-0.25, -0.2) is 14.6 Å². The van der Waals surface area contributed by atoms with Gasteiger partial charge in [-0.05, 0) is 31.9 Å². The van der Waals surface area contributed by atoms with Gasteiger partial charge < -0.3 is 10.1 Å². The van der Waals surface area contributed by atoms with Crippen LogP contribution in [-0.2, 0) is 6.42 Å². The van der Waals surface area contributed by atoms with Gasteiger partial charge in [0.05, 0.1) is 7.11 Å². The van der Waals surface area contributed by atoms with E-state index in [0.29, 0.717) is 23.7 Å². The lowest BCUT2D eigenvalue weighted by Crippen LogP contribution is -2.08. The number of carbonyl (C=O) groups excluding carboxylic acids is 1. The molecule has 128 valence electrons. The van der Waals surface area contributed by atoms with Crippen LogP contribution < -0.4 is 10.1 Å². The van der Waals surface area contributed by atoms with Crippen LogP contribution in [0.15, 0.2) is 24.5 Å². The summed E-state index contributed by atoms with van der Waals surface area (Å²) in [4.78, 5) is 21.6. The van der Waals surface area contributed by atoms with Crippen LogP contribution in [0.2, 0.25) is 0 Å². The lowest BCUT2D eigenvalue weighted by Gasteiger charge is -2.10. The summed E-state index contributed by atoms with van der Waals surface area (Å²) in [7, 11) is 1.62. The van der Waals surface area contributed by atoms with Gasteiger partial charge in [0.2, 0.25) is 0 Å². The first-order valence-electron chi connectivity index (χ1n) is 8.00. The van der Waals surface area contributed by atoms with Gasteiger partial charge in [-0.3, -0.25) is 4.79 Å². The maximum Gasteiger partial charge on any atom is 0.188 e. The number of nitrogens with one attached hydrogen (secondary N) is 1. The molecule has 1 aliphatic carbocycles. The smallest absolute Gasteiger partial charge is 0.188 e. The van der Waals surface area contributed by atoms with Crippen molar-refractivity contribution in [3.63, 3.8) is 0 Å². The van der Waals surface area contributed by atoms with E-state index in [9.17, 15) is 4.79 Å². The fourth-order valence-electron chi connectivity index (χ4n) is 2.85. The minimum atomic E-state index is 0.139. The summed E-state index contributed by atoms with van der Waals surface area (Å²) in [5.74, 6) is 1.51. The molecule has 0 fully saturated rings. The van der Waals surface area contributed by atoms with E-state index in [-0.39, 0.29) is 5.78 Å². The third-order valence-corrected chi connectivity index (χ3v) is 5.08. The molecule has 2 heterocycles. The van der Waals surface area contributed by atoms with Gasteiger partial charge in [-0.15, -0.1) is 11.3 Å². The van der Waals surface area contributed by atoms with Crippen LogP contribution in [0, 0.1) is 6.92 Å². The second kappa shape index (κ2) is 6.29. The van der Waals surface area contributed by atoms with Gasteiger partial charge in [0.1, 0.15) is 29.3 Å². The van der Waals surface area contributed by atoms with Gasteiger partial charge in [-0.1, -0.05) is 0 Å². The van der Waals surface area contributed by atoms with E-state index in [1.165, 1.54) is 11.3 Å². The number of ether oxygens (including phenoxy) is 1. The highest BCUT2D eigenvalue weighted by Gasteiger charge is 2.22. The van der Waals surface area contributed by atoms with Crippen molar-refractivity contribution in [1.82, 2.24) is 19.7 Å². The maximum absolute atomic E-state index is 11.9. The third kappa shape index (κ3) is 3.00. The summed E-state index contributed by atoms with van der Waals surface area (Å²) in [6, 6.07) is 5.72. The summed E-state index contributed by atoms with van der Waals surface area (Å²) in [5, 5.41) is 8.31. The molecule has 25 heavy (non-hydrogen) atoms. The quantitative estimate of drug-likeness (QED) is 0.773. The molecule has 2 aromatic heterocycles. The molecular formula is C17H17N5O2S. The zero-order chi connectivity index (χ0) is 17.4. The highest BCUT2D eigenvalue weighted by Crippen LogP contribution is 2.33. The van der Waals surface area contributed by atoms with Crippen LogP contribution in [0.4, 0.5) is 10.8 Å². The molecule has 1 aliphatic rings. The fourth-order valence-corrected chi connectivity index (χ4v) is 3.89. The normalized spacial score (nSPS) is 13.6. The third-order valence-electron chi connectivity index (χ3n) is 4.05. The summed E-state index contributed by atoms with van der Waals surface area (Å²) < 4.78 is 7.17. The zero-order valence-corrected chi connectivity index (χ0v) is 14.8. The molecule has 8 heteroatoms. The number of rotatable bonds is 4. The molecule has 0 radical (unpaired) electrons. The molecule has 0 unspecified atom stereocenters. The number of fused-ring (bicyclic) bond motifs is 1. The molecule has 4 rings (SSSR count). The molecule has 7 nitrogen and oxygen atoms in total. The first-order chi connectivity index (χ1) is 12.1. The van der Waals surface area contributed by atoms with Gasteiger partial charge in [0.25, 0.3) is 0 Å². The molecule has 3 aromatic rings. The van der Waals surface area contributed by atoms with Crippen molar-refractivity contribution in [2.75, 3.05) is 12.4 Å². The Morgan fingerprint density at radius 3 is 2.92 bits per heavy atom. The van der Waals surface area contributed by atoms with E-state index in [1.807, 2.05) is 25.1 Å². The fraction of sp³-hybridized carbons (Fsp3) is 0.294. The molecule has 0 saturated heterocycles. The molecule has 1 aromatic carbocycles. The second-order valence-corrected chi connectivity index (χ2v) is 6.90. The van der Waals surface area contributed by atoms with Crippen LogP contribution in [-0.4, -0.2) is 32.6 Å². The zero-order valence-electron chi connectivity index (χ0n) is 13.9. The van der Waals surface area contributed by atoms with E-state index >= 15 is 0 Å². The molecule has 0 atom stereocenters. The average molecular weight is 355 g/mol. The Balaban J connectivity index is 1.62. The van der Waals surface area contributed by atoms with Crippen LogP contribution in [0.25, 0.3) is 5.69 Å². The standard InChI is InChI=1S/C17H17N5O2S/c1-10-18-9-22(21-10)12-7-6-11(8-14(12)24-2)19-17-20-16-13(23)4-3-5-15(16)25-17/h6-9H,3-5H2,1-2H3,(H,19,20). The number of nitrogens with zero attached hydrogens (tertiary/aromatic N) is 4. The highest BCUT2D eigenvalue weighted by atomic mass is 32.1. The molecule has 0 saturated carbocycles. The molecule has 0 aliphatic heterocycles. The van der Waals surface area contributed by atoms with Crippen molar-refractivity contribution in [2.45, 2.75) is 26.2 Å². The molecule has 1 N–H and O–H groups in total. The Kier molecular flexibility index (Phi) is 3.96. The number of methoxy groups -OCH3 is 1. The number of aromatic nitrogens is 4. The molecule has 0 bridgehead atoms. The number of hydrogen-bond acceptors (Lipinski definition) is 7. The second-order valence-electron chi connectivity index (χ2n) is 5.82. The topological polar surface area (TPSA) is 81.9 Å². The van der Waals surface area contributed by atoms with Crippen LogP contribution in [0.5, 0.6) is 5.75 Å². The van der Waals surface area contributed by atoms with Crippen molar-refractivity contribution in [3.8, 4) is 11.4 Å². The van der Waals surface area contributed by atoms with Crippen molar-refractivity contribution in [3.05, 3.63) is 40.9 Å². The van der Waals surface area contributed by atoms with Gasteiger partial charge >= 0.3 is 0 Å². The van der Waals surface area contributed by atoms with Gasteiger partial charge in [-0.2, -0.15) is 5.10 Å². The van der Waals surface area contributed by atoms with Crippen LogP contribution in [0.1, 0.15) is 34.0 Å². The minimum Gasteiger partial charge on any atom is -0.494 e. The predicted octanol–water partition coefficient (Wildman–Crippen LogP) is 3.30. The summed E-state index contributed by atoms with van der Waals surface area (Å²) in [6.45, 7) is 1.84. The van der Waals surface area contributed by atoms with Crippen molar-refractivity contribution in [1.29, 1.82) is 0 Å². The largest absolute Gasteiger partial charge is 0.494 e. The van der Waals surface area contributed by atoms with Crippen molar-refractivity contribution in [2.24, 2.45) is 0 Å². The van der Waals surface area contributed by atoms with E-state index in [0.717, 1.165) is 34.2 Å². The number of Topliss-reactive ketones (excluding diaryl/α,β-unsaturated/α-hetero) is 1. The summed E-state index contributed by atoms with van der Waals surface area (Å²) >= 11 is 1.54. The lowest BCUT2D eigenvalue weighted by atomic mass is 10.0. The average Bonchev–Trinajstić information content (AvgIpc) is 3.21. The van der Waals surface area contributed by atoms with Crippen molar-refractivity contribution >= 4 is 27.9 Å². The summed E-state index contributed by atoms with van der Waals surface area (Å²) in [5.41, 5.74) is 2.28. The van der Waals surface area contributed by atoms with Crippen LogP contribution >= 0.6 is 11.3 Å². The Morgan fingerprint density at radius 2 is 2.20 bits per heavy atom. The Bertz CT molecular complexity index is 946. The Labute approximate surface area is 148 Å². The van der Waals surface area contributed by atoms with E-state index in [4.69, 9.17) is 4.74 Å². The SMILES string of the molecule is COc1cc(Nc2nc3c(s2)CCCC3=O)ccc1-n1cnc(C)n1. The number of carbonyl (C=O) groups is 1. The monoisotopic (exact) mass is 355 g/mol. The number of aryl methyl sites for hydroxylation is 2. The number of anilines is 2. The Morgan fingerprint density at radius 1 is 1.32 bits per heavy atom. The number of benzene rings is 1. The van der Waals surface area contributed by atoms with Gasteiger partial charge in [0, 0.05) is 23.1 Å². The number of ketones is 1. The van der Waals surface area contributed by atoms with E-state index < -0.39 is 0 Å². The van der Waals surface area contributed by atoms with E-state index in [2.05, 4.69) is 20.4 Å². The molecule has 0 amide bonds. The van der Waals surface area contributed by atoms with Crippen LogP contribution in [0.3, 0.4) is 0 Å². The minimum absolute atomic E-state index is 0.139. The number of thiazole rings is 1. The summed E-state index contributed by atoms with van der Waals surface area (Å²) in [6.07, 6.45) is 4.08. The molecular weight excluding hydrogens is 338 g/mol. The highest BCUT2D eigenvalue weighted by molar-refractivity contribution is 7.16. The first-order valence-corrected chi connectivity index (χ1v) is 8.82. The van der Waals surface area contributed by atoms with E-state index in [1.54, 1.807) is 18.1 Å². The molecule has 0 spiro atoms. The van der Waals surface area contributed by atoms with Gasteiger partial charge in [0.15, 0.2) is 10.9 Å².